The predicted octanol–water partition coefficient (Wildman–Crippen LogP) is 2.57. The molecule has 0 N–H and O–H groups in total. The van der Waals surface area contributed by atoms with E-state index in [4.69, 9.17) is 4.74 Å². The average molecular weight is 300 g/mol. The second-order valence-corrected chi connectivity index (χ2v) is 5.20. The summed E-state index contributed by atoms with van der Waals surface area (Å²) in [6.45, 7) is 0.546. The van der Waals surface area contributed by atoms with E-state index in [0.717, 1.165) is 23.1 Å². The number of nitrogens with zero attached hydrogens (tertiary/aromatic N) is 1. The van der Waals surface area contributed by atoms with Gasteiger partial charge in [0, 0.05) is 17.8 Å². The monoisotopic (exact) mass is 299 g/mol. The molecular formula is C12H14BrNO3. The van der Waals surface area contributed by atoms with E-state index in [2.05, 4.69) is 25.7 Å². The predicted molar refractivity (Wildman–Crippen MR) is 65.7 cm³/mol. The van der Waals surface area contributed by atoms with E-state index < -0.39 is 0 Å². The van der Waals surface area contributed by atoms with Crippen molar-refractivity contribution >= 4 is 21.9 Å². The van der Waals surface area contributed by atoms with Gasteiger partial charge in [0.1, 0.15) is 5.75 Å². The molecule has 0 amide bonds. The van der Waals surface area contributed by atoms with Crippen LogP contribution in [0.15, 0.2) is 22.9 Å². The van der Waals surface area contributed by atoms with Crippen molar-refractivity contribution in [2.24, 2.45) is 5.41 Å². The first-order chi connectivity index (χ1) is 8.15. The van der Waals surface area contributed by atoms with Crippen molar-refractivity contribution in [2.75, 3.05) is 13.7 Å². The van der Waals surface area contributed by atoms with Crippen molar-refractivity contribution in [3.05, 3.63) is 22.9 Å². The molecule has 1 aromatic rings. The van der Waals surface area contributed by atoms with Crippen LogP contribution in [-0.2, 0) is 9.53 Å². The summed E-state index contributed by atoms with van der Waals surface area (Å²) in [4.78, 5) is 15.2. The van der Waals surface area contributed by atoms with Crippen LogP contribution in [0.2, 0.25) is 0 Å². The Hall–Kier alpha value is -1.10. The van der Waals surface area contributed by atoms with Gasteiger partial charge in [-0.3, -0.25) is 9.78 Å². The van der Waals surface area contributed by atoms with Crippen LogP contribution in [0.1, 0.15) is 19.3 Å². The Labute approximate surface area is 108 Å². The molecule has 4 nitrogen and oxygen atoms in total. The highest BCUT2D eigenvalue weighted by atomic mass is 79.9. The number of hydrogen-bond donors (Lipinski definition) is 0. The van der Waals surface area contributed by atoms with E-state index in [9.17, 15) is 4.79 Å². The zero-order valence-corrected chi connectivity index (χ0v) is 11.2. The van der Waals surface area contributed by atoms with Crippen LogP contribution in [-0.4, -0.2) is 24.7 Å². The summed E-state index contributed by atoms with van der Waals surface area (Å²) in [5, 5.41) is 0. The smallest absolute Gasteiger partial charge is 0.306 e. The topological polar surface area (TPSA) is 48.4 Å². The Morgan fingerprint density at radius 3 is 2.94 bits per heavy atom. The van der Waals surface area contributed by atoms with Crippen LogP contribution in [0, 0.1) is 5.41 Å². The van der Waals surface area contributed by atoms with E-state index in [-0.39, 0.29) is 11.4 Å². The number of halogens is 1. The lowest BCUT2D eigenvalue weighted by Gasteiger charge is -2.15. The fraction of sp³-hybridized carbons (Fsp3) is 0.500. The van der Waals surface area contributed by atoms with Gasteiger partial charge in [0.25, 0.3) is 0 Å². The molecule has 17 heavy (non-hydrogen) atoms. The molecule has 1 saturated carbocycles. The zero-order valence-electron chi connectivity index (χ0n) is 9.61. The Morgan fingerprint density at radius 2 is 2.35 bits per heavy atom. The number of rotatable bonds is 5. The number of aromatic nitrogens is 1. The quantitative estimate of drug-likeness (QED) is 0.784. The lowest BCUT2D eigenvalue weighted by molar-refractivity contribution is -0.142. The van der Waals surface area contributed by atoms with E-state index in [1.165, 1.54) is 7.11 Å². The van der Waals surface area contributed by atoms with Gasteiger partial charge in [0.15, 0.2) is 0 Å². The molecule has 0 aliphatic heterocycles. The van der Waals surface area contributed by atoms with Crippen molar-refractivity contribution < 1.29 is 14.3 Å². The number of carbonyl (C=O) groups excluding carboxylic acids is 1. The van der Waals surface area contributed by atoms with Crippen LogP contribution in [0.5, 0.6) is 5.75 Å². The maximum Gasteiger partial charge on any atom is 0.306 e. The van der Waals surface area contributed by atoms with E-state index in [1.54, 1.807) is 18.5 Å². The lowest BCUT2D eigenvalue weighted by atomic mass is 10.0. The maximum atomic E-state index is 11.2. The van der Waals surface area contributed by atoms with Crippen LogP contribution < -0.4 is 4.74 Å². The first kappa shape index (κ1) is 12.4. The summed E-state index contributed by atoms with van der Waals surface area (Å²) in [6, 6.07) is 1.80. The minimum atomic E-state index is -0.167. The summed E-state index contributed by atoms with van der Waals surface area (Å²) in [7, 11) is 1.42. The molecule has 0 bridgehead atoms. The van der Waals surface area contributed by atoms with Gasteiger partial charge in [0.05, 0.1) is 24.6 Å². The second kappa shape index (κ2) is 5.04. The molecule has 0 aromatic carbocycles. The van der Waals surface area contributed by atoms with Gasteiger partial charge >= 0.3 is 5.97 Å². The first-order valence-corrected chi connectivity index (χ1v) is 6.24. The highest BCUT2D eigenvalue weighted by Gasteiger charge is 2.45. The third kappa shape index (κ3) is 3.19. The number of carbonyl (C=O) groups is 1. The molecule has 0 atom stereocenters. The molecule has 1 heterocycles. The summed E-state index contributed by atoms with van der Waals surface area (Å²) in [6.07, 6.45) is 5.84. The number of hydrogen-bond acceptors (Lipinski definition) is 4. The summed E-state index contributed by atoms with van der Waals surface area (Å²) in [5.74, 6) is 0.594. The normalized spacial score (nSPS) is 16.4. The van der Waals surface area contributed by atoms with E-state index >= 15 is 0 Å². The molecule has 0 radical (unpaired) electrons. The molecule has 1 aromatic heterocycles. The van der Waals surface area contributed by atoms with E-state index in [0.29, 0.717) is 13.0 Å². The SMILES string of the molecule is COC(=O)CC1(COc2ccncc2Br)CC1. The van der Waals surface area contributed by atoms with Crippen LogP contribution in [0.4, 0.5) is 0 Å². The average Bonchev–Trinajstić information content (AvgIpc) is 3.08. The molecule has 2 rings (SSSR count). The van der Waals surface area contributed by atoms with Crippen molar-refractivity contribution in [1.29, 1.82) is 0 Å². The van der Waals surface area contributed by atoms with Crippen LogP contribution in [0.3, 0.4) is 0 Å². The number of ether oxygens (including phenoxy) is 2. The van der Waals surface area contributed by atoms with Gasteiger partial charge < -0.3 is 9.47 Å². The number of pyridine rings is 1. The molecule has 92 valence electrons. The Bertz CT molecular complexity index is 418. The second-order valence-electron chi connectivity index (χ2n) is 4.35. The Kier molecular flexibility index (Phi) is 3.66. The van der Waals surface area contributed by atoms with Crippen molar-refractivity contribution in [3.63, 3.8) is 0 Å². The van der Waals surface area contributed by atoms with Gasteiger partial charge in [0.2, 0.25) is 0 Å². The summed E-state index contributed by atoms with van der Waals surface area (Å²) in [5.41, 5.74) is -0.0181. The minimum Gasteiger partial charge on any atom is -0.492 e. The third-order valence-corrected chi connectivity index (χ3v) is 3.57. The first-order valence-electron chi connectivity index (χ1n) is 5.44. The molecule has 5 heteroatoms. The molecular weight excluding hydrogens is 286 g/mol. The molecule has 0 spiro atoms. The van der Waals surface area contributed by atoms with E-state index in [1.807, 2.05) is 0 Å². The fourth-order valence-corrected chi connectivity index (χ4v) is 2.00. The van der Waals surface area contributed by atoms with Crippen LogP contribution >= 0.6 is 15.9 Å². The molecule has 1 fully saturated rings. The standard InChI is InChI=1S/C12H14BrNO3/c1-16-11(15)6-12(3-4-12)8-17-10-2-5-14-7-9(10)13/h2,5,7H,3-4,6,8H2,1H3. The van der Waals surface area contributed by atoms with Gasteiger partial charge in [-0.2, -0.15) is 0 Å². The summed E-state index contributed by atoms with van der Waals surface area (Å²) < 4.78 is 11.2. The molecule has 0 unspecified atom stereocenters. The highest BCUT2D eigenvalue weighted by molar-refractivity contribution is 9.10. The van der Waals surface area contributed by atoms with Gasteiger partial charge in [-0.1, -0.05) is 0 Å². The number of methoxy groups -OCH3 is 1. The maximum absolute atomic E-state index is 11.2. The molecule has 0 saturated heterocycles. The zero-order chi connectivity index (χ0) is 12.3. The fourth-order valence-electron chi connectivity index (χ4n) is 1.64. The highest BCUT2D eigenvalue weighted by Crippen LogP contribution is 2.49. The summed E-state index contributed by atoms with van der Waals surface area (Å²) >= 11 is 3.37. The van der Waals surface area contributed by atoms with Crippen molar-refractivity contribution in [3.8, 4) is 5.75 Å². The van der Waals surface area contributed by atoms with Crippen molar-refractivity contribution in [2.45, 2.75) is 19.3 Å². The largest absolute Gasteiger partial charge is 0.492 e. The van der Waals surface area contributed by atoms with Gasteiger partial charge in [-0.05, 0) is 34.8 Å². The molecule has 1 aliphatic carbocycles. The van der Waals surface area contributed by atoms with Crippen molar-refractivity contribution in [1.82, 2.24) is 4.98 Å². The number of esters is 1. The minimum absolute atomic E-state index is 0.0181. The van der Waals surface area contributed by atoms with Crippen LogP contribution in [0.25, 0.3) is 0 Å². The Morgan fingerprint density at radius 1 is 1.59 bits per heavy atom. The lowest BCUT2D eigenvalue weighted by Crippen LogP contribution is -2.18. The third-order valence-electron chi connectivity index (χ3n) is 2.97. The molecule has 1 aliphatic rings. The van der Waals surface area contributed by atoms with Gasteiger partial charge in [-0.25, -0.2) is 0 Å². The Balaban J connectivity index is 1.90. The van der Waals surface area contributed by atoms with Gasteiger partial charge in [-0.15, -0.1) is 0 Å².